The number of carbonyl (C=O) groups excluding carboxylic acids is 2. The normalized spacial score (nSPS) is 12.6. The summed E-state index contributed by atoms with van der Waals surface area (Å²) in [6.07, 6.45) is 0.963. The molecule has 47 heavy (non-hydrogen) atoms. The molecule has 9 heteroatoms. The van der Waals surface area contributed by atoms with E-state index in [1.807, 2.05) is 95.3 Å². The number of anilines is 1. The minimum Gasteiger partial charge on any atom is -0.495 e. The van der Waals surface area contributed by atoms with Gasteiger partial charge in [0.2, 0.25) is 11.8 Å². The molecular weight excluding hydrogens is 611 g/mol. The fraction of sp³-hybridized carbons (Fsp3) is 0.316. The molecule has 0 fully saturated rings. The van der Waals surface area contributed by atoms with Crippen molar-refractivity contribution in [2.24, 2.45) is 0 Å². The maximum Gasteiger partial charge on any atom is 0.264 e. The van der Waals surface area contributed by atoms with Crippen LogP contribution in [-0.4, -0.2) is 50.9 Å². The molecule has 0 radical (unpaired) electrons. The number of benzene rings is 4. The van der Waals surface area contributed by atoms with Crippen molar-refractivity contribution in [3.05, 3.63) is 125 Å². The van der Waals surface area contributed by atoms with Gasteiger partial charge in [0.1, 0.15) is 18.3 Å². The number of carbonyl (C=O) groups is 2. The van der Waals surface area contributed by atoms with Crippen molar-refractivity contribution in [2.45, 2.75) is 71.0 Å². The van der Waals surface area contributed by atoms with Gasteiger partial charge in [0.25, 0.3) is 10.0 Å². The maximum absolute atomic E-state index is 14.7. The third-order valence-electron chi connectivity index (χ3n) is 8.20. The van der Waals surface area contributed by atoms with Crippen LogP contribution in [0.4, 0.5) is 5.69 Å². The fourth-order valence-corrected chi connectivity index (χ4v) is 6.76. The van der Waals surface area contributed by atoms with E-state index in [0.29, 0.717) is 12.2 Å². The summed E-state index contributed by atoms with van der Waals surface area (Å²) in [6.45, 7) is 9.15. The fourth-order valence-electron chi connectivity index (χ4n) is 5.35. The Morgan fingerprint density at radius 3 is 2.09 bits per heavy atom. The molecular formula is C38H45N3O5S. The molecule has 1 N–H and O–H groups in total. The van der Waals surface area contributed by atoms with Crippen molar-refractivity contribution in [3.8, 4) is 5.75 Å². The minimum atomic E-state index is -4.25. The zero-order valence-electron chi connectivity index (χ0n) is 28.1. The second-order valence-corrected chi connectivity index (χ2v) is 13.9. The smallest absolute Gasteiger partial charge is 0.264 e. The zero-order chi connectivity index (χ0) is 34.1. The first-order valence-electron chi connectivity index (χ1n) is 15.9. The van der Waals surface area contributed by atoms with Gasteiger partial charge < -0.3 is 15.0 Å². The van der Waals surface area contributed by atoms with Crippen LogP contribution < -0.4 is 14.4 Å². The zero-order valence-corrected chi connectivity index (χ0v) is 28.9. The van der Waals surface area contributed by atoms with E-state index in [2.05, 4.69) is 5.32 Å². The predicted molar refractivity (Wildman–Crippen MR) is 187 cm³/mol. The molecule has 2 amide bonds. The first-order valence-corrected chi connectivity index (χ1v) is 17.3. The second kappa shape index (κ2) is 15.8. The van der Waals surface area contributed by atoms with Crippen LogP contribution in [0.25, 0.3) is 0 Å². The number of nitrogens with zero attached hydrogens (tertiary/aromatic N) is 2. The van der Waals surface area contributed by atoms with E-state index < -0.39 is 28.5 Å². The van der Waals surface area contributed by atoms with Gasteiger partial charge in [-0.15, -0.1) is 0 Å². The van der Waals surface area contributed by atoms with Gasteiger partial charge in [-0.2, -0.15) is 0 Å². The van der Waals surface area contributed by atoms with Gasteiger partial charge in [0.05, 0.1) is 17.7 Å². The Morgan fingerprint density at radius 2 is 1.45 bits per heavy atom. The van der Waals surface area contributed by atoms with Crippen LogP contribution in [0.1, 0.15) is 48.1 Å². The molecule has 248 valence electrons. The Hall–Kier alpha value is -4.63. The lowest BCUT2D eigenvalue weighted by Gasteiger charge is -2.34. The summed E-state index contributed by atoms with van der Waals surface area (Å²) in [5, 5.41) is 3.07. The Morgan fingerprint density at radius 1 is 0.809 bits per heavy atom. The minimum absolute atomic E-state index is 0.0417. The summed E-state index contributed by atoms with van der Waals surface area (Å²) in [6, 6.07) is 28.0. The van der Waals surface area contributed by atoms with Gasteiger partial charge in [-0.25, -0.2) is 8.42 Å². The van der Waals surface area contributed by atoms with E-state index in [4.69, 9.17) is 4.74 Å². The highest BCUT2D eigenvalue weighted by Crippen LogP contribution is 2.34. The summed E-state index contributed by atoms with van der Waals surface area (Å²) < 4.78 is 35.5. The predicted octanol–water partition coefficient (Wildman–Crippen LogP) is 6.37. The van der Waals surface area contributed by atoms with Crippen molar-refractivity contribution in [3.63, 3.8) is 0 Å². The quantitative estimate of drug-likeness (QED) is 0.170. The number of nitrogens with one attached hydrogen (secondary N) is 1. The molecule has 2 atom stereocenters. The van der Waals surface area contributed by atoms with E-state index in [1.165, 1.54) is 24.1 Å². The van der Waals surface area contributed by atoms with Crippen LogP contribution >= 0.6 is 0 Å². The molecule has 0 aliphatic rings. The van der Waals surface area contributed by atoms with Crippen LogP contribution in [0, 0.1) is 20.8 Å². The highest BCUT2D eigenvalue weighted by atomic mass is 32.2. The molecule has 0 saturated carbocycles. The Balaban J connectivity index is 1.86. The first-order chi connectivity index (χ1) is 22.4. The molecule has 0 unspecified atom stereocenters. The average Bonchev–Trinajstić information content (AvgIpc) is 3.05. The second-order valence-electron chi connectivity index (χ2n) is 12.0. The number of amides is 2. The van der Waals surface area contributed by atoms with Gasteiger partial charge >= 0.3 is 0 Å². The number of hydrogen-bond donors (Lipinski definition) is 1. The summed E-state index contributed by atoms with van der Waals surface area (Å²) >= 11 is 0. The molecule has 0 aliphatic carbocycles. The summed E-state index contributed by atoms with van der Waals surface area (Å²) in [5.74, 6) is -0.518. The molecule has 0 heterocycles. The Labute approximate surface area is 279 Å². The van der Waals surface area contributed by atoms with Gasteiger partial charge in [0, 0.05) is 19.0 Å². The number of rotatable bonds is 14. The summed E-state index contributed by atoms with van der Waals surface area (Å²) in [4.78, 5) is 30.3. The maximum atomic E-state index is 14.7. The standard InChI is InChI=1S/C38H45N3O5S/c1-7-30(5)39-38(43)35(24-31-13-9-8-10-14-31)40(25-32-15-11-12-28(3)22-32)37(42)26-41(34-23-29(4)18-21-36(34)46-6)47(44,45)33-19-16-27(2)17-20-33/h8-23,30,35H,7,24-26H2,1-6H3,(H,39,43)/t30-,35+/m0/s1. The van der Waals surface area contributed by atoms with Crippen molar-refractivity contribution in [2.75, 3.05) is 18.0 Å². The van der Waals surface area contributed by atoms with Crippen molar-refractivity contribution in [1.29, 1.82) is 0 Å². The van der Waals surface area contributed by atoms with E-state index in [9.17, 15) is 18.0 Å². The van der Waals surface area contributed by atoms with Crippen LogP contribution in [-0.2, 0) is 32.6 Å². The lowest BCUT2D eigenvalue weighted by molar-refractivity contribution is -0.140. The lowest BCUT2D eigenvalue weighted by atomic mass is 10.0. The third-order valence-corrected chi connectivity index (χ3v) is 9.97. The molecule has 0 bridgehead atoms. The molecule has 0 saturated heterocycles. The summed E-state index contributed by atoms with van der Waals surface area (Å²) in [5.41, 5.74) is 4.65. The van der Waals surface area contributed by atoms with Gasteiger partial charge in [-0.1, -0.05) is 90.8 Å². The van der Waals surface area contributed by atoms with Crippen LogP contribution in [0.15, 0.2) is 102 Å². The van der Waals surface area contributed by atoms with E-state index in [1.54, 1.807) is 24.3 Å². The molecule has 8 nitrogen and oxygen atoms in total. The summed E-state index contributed by atoms with van der Waals surface area (Å²) in [7, 11) is -2.79. The highest BCUT2D eigenvalue weighted by Gasteiger charge is 2.36. The first kappa shape index (κ1) is 35.2. The number of sulfonamides is 1. The highest BCUT2D eigenvalue weighted by molar-refractivity contribution is 7.92. The molecule has 0 aromatic heterocycles. The lowest BCUT2D eigenvalue weighted by Crippen LogP contribution is -2.54. The topological polar surface area (TPSA) is 96.0 Å². The van der Waals surface area contributed by atoms with Crippen molar-refractivity contribution < 1.29 is 22.7 Å². The Kier molecular flexibility index (Phi) is 11.8. The number of ether oxygens (including phenoxy) is 1. The number of methoxy groups -OCH3 is 1. The largest absolute Gasteiger partial charge is 0.495 e. The van der Waals surface area contributed by atoms with Crippen molar-refractivity contribution in [1.82, 2.24) is 10.2 Å². The molecule has 0 aliphatic heterocycles. The van der Waals surface area contributed by atoms with Gasteiger partial charge in [-0.05, 0) is 75.1 Å². The average molecular weight is 656 g/mol. The molecule has 4 aromatic rings. The molecule has 0 spiro atoms. The van der Waals surface area contributed by atoms with Gasteiger partial charge in [-0.3, -0.25) is 13.9 Å². The third kappa shape index (κ3) is 9.01. The Bertz CT molecular complexity index is 1780. The van der Waals surface area contributed by atoms with E-state index in [-0.39, 0.29) is 35.5 Å². The molecule has 4 rings (SSSR count). The van der Waals surface area contributed by atoms with Crippen molar-refractivity contribution >= 4 is 27.5 Å². The van der Waals surface area contributed by atoms with Crippen LogP contribution in [0.5, 0.6) is 5.75 Å². The molecule has 4 aromatic carbocycles. The monoisotopic (exact) mass is 655 g/mol. The number of hydrogen-bond acceptors (Lipinski definition) is 5. The van der Waals surface area contributed by atoms with Crippen LogP contribution in [0.3, 0.4) is 0 Å². The van der Waals surface area contributed by atoms with Crippen LogP contribution in [0.2, 0.25) is 0 Å². The van der Waals surface area contributed by atoms with E-state index >= 15 is 0 Å². The van der Waals surface area contributed by atoms with E-state index in [0.717, 1.165) is 32.1 Å². The SMILES string of the molecule is CC[C@H](C)NC(=O)[C@@H](Cc1ccccc1)N(Cc1cccc(C)c1)C(=O)CN(c1cc(C)ccc1OC)S(=O)(=O)c1ccc(C)cc1. The van der Waals surface area contributed by atoms with Gasteiger partial charge in [0.15, 0.2) is 0 Å². The number of aryl methyl sites for hydroxylation is 3.